The minimum absolute atomic E-state index is 0.151. The van der Waals surface area contributed by atoms with Crippen molar-refractivity contribution in [3.05, 3.63) is 78.0 Å². The van der Waals surface area contributed by atoms with Crippen molar-refractivity contribution in [2.24, 2.45) is 0 Å². The van der Waals surface area contributed by atoms with Crippen LogP contribution < -0.4 is 0 Å². The highest BCUT2D eigenvalue weighted by molar-refractivity contribution is 7.85. The third-order valence-corrected chi connectivity index (χ3v) is 4.68. The Hall–Kier alpha value is -1.89. The smallest absolute Gasteiger partial charge is 0.0852 e. The summed E-state index contributed by atoms with van der Waals surface area (Å²) < 4.78 is 12.7. The van der Waals surface area contributed by atoms with Gasteiger partial charge in [-0.05, 0) is 36.8 Å². The van der Waals surface area contributed by atoms with Gasteiger partial charge in [-0.15, -0.1) is 5.73 Å². The summed E-state index contributed by atoms with van der Waals surface area (Å²) in [4.78, 5) is 1.69. The Morgan fingerprint density at radius 2 is 1.80 bits per heavy atom. The highest BCUT2D eigenvalue weighted by atomic mass is 32.2. The fraction of sp³-hybridized carbons (Fsp3) is 0.167. The minimum atomic E-state index is -1.16. The van der Waals surface area contributed by atoms with E-state index in [0.29, 0.717) is 0 Å². The Morgan fingerprint density at radius 3 is 2.45 bits per heavy atom. The number of hydrogen-bond donors (Lipinski definition) is 0. The van der Waals surface area contributed by atoms with Crippen LogP contribution in [-0.2, 0) is 10.8 Å². The minimum Gasteiger partial charge on any atom is -0.249 e. The first kappa shape index (κ1) is 14.5. The molecular formula is C18H18OS. The van der Waals surface area contributed by atoms with Crippen LogP contribution in [0.15, 0.2) is 76.7 Å². The third kappa shape index (κ3) is 3.16. The van der Waals surface area contributed by atoms with Crippen molar-refractivity contribution in [1.82, 2.24) is 0 Å². The number of benzene rings is 2. The summed E-state index contributed by atoms with van der Waals surface area (Å²) in [6, 6.07) is 15.7. The first-order valence-corrected chi connectivity index (χ1v) is 7.72. The van der Waals surface area contributed by atoms with Gasteiger partial charge in [0, 0.05) is 15.7 Å². The molecule has 0 heterocycles. The molecule has 0 amide bonds. The van der Waals surface area contributed by atoms with Crippen molar-refractivity contribution in [2.75, 3.05) is 0 Å². The molecule has 0 bridgehead atoms. The third-order valence-electron chi connectivity index (χ3n) is 3.21. The maximum Gasteiger partial charge on any atom is 0.0852 e. The summed E-state index contributed by atoms with van der Waals surface area (Å²) in [5.41, 5.74) is 5.03. The van der Waals surface area contributed by atoms with E-state index >= 15 is 0 Å². The summed E-state index contributed by atoms with van der Waals surface area (Å²) in [5, 5.41) is 0. The molecule has 0 spiro atoms. The molecule has 2 aromatic rings. The second-order valence-electron chi connectivity index (χ2n) is 4.78. The standard InChI is InChI=1S/C18H18OS/c1-4-7-15(3)17-8-5-6-9-18(17)20(19)16-12-10-14(2)11-13-16/h5-13,15H,1H2,2-3H3/t15-,20?/m1/s1. The van der Waals surface area contributed by atoms with Crippen molar-refractivity contribution in [3.8, 4) is 0 Å². The molecule has 0 saturated heterocycles. The Labute approximate surface area is 123 Å². The molecule has 0 N–H and O–H groups in total. The highest BCUT2D eigenvalue weighted by Gasteiger charge is 2.14. The van der Waals surface area contributed by atoms with E-state index in [1.807, 2.05) is 61.5 Å². The van der Waals surface area contributed by atoms with Crippen LogP contribution in [0.3, 0.4) is 0 Å². The lowest BCUT2D eigenvalue weighted by Crippen LogP contribution is -2.00. The molecule has 2 rings (SSSR count). The van der Waals surface area contributed by atoms with Crippen LogP contribution >= 0.6 is 0 Å². The molecule has 2 aromatic carbocycles. The molecule has 20 heavy (non-hydrogen) atoms. The predicted octanol–water partition coefficient (Wildman–Crippen LogP) is 4.61. The summed E-state index contributed by atoms with van der Waals surface area (Å²) in [6.07, 6.45) is 1.89. The van der Waals surface area contributed by atoms with Crippen LogP contribution in [-0.4, -0.2) is 4.21 Å². The molecule has 2 heteroatoms. The summed E-state index contributed by atoms with van der Waals surface area (Å²) >= 11 is 0. The fourth-order valence-corrected chi connectivity index (χ4v) is 3.39. The molecule has 0 saturated carbocycles. The number of allylic oxidation sites excluding steroid dienone is 1. The lowest BCUT2D eigenvalue weighted by molar-refractivity contribution is 0.681. The van der Waals surface area contributed by atoms with Gasteiger partial charge in [0.15, 0.2) is 0 Å². The van der Waals surface area contributed by atoms with Gasteiger partial charge >= 0.3 is 0 Å². The zero-order valence-electron chi connectivity index (χ0n) is 11.8. The first-order valence-electron chi connectivity index (χ1n) is 6.57. The predicted molar refractivity (Wildman–Crippen MR) is 84.4 cm³/mol. The van der Waals surface area contributed by atoms with E-state index in [1.54, 1.807) is 0 Å². The van der Waals surface area contributed by atoms with Crippen LogP contribution in [0.25, 0.3) is 0 Å². The average Bonchev–Trinajstić information content (AvgIpc) is 2.47. The zero-order chi connectivity index (χ0) is 14.5. The van der Waals surface area contributed by atoms with Gasteiger partial charge in [0.2, 0.25) is 0 Å². The molecule has 0 aliphatic rings. The van der Waals surface area contributed by atoms with Crippen LogP contribution in [0.2, 0.25) is 0 Å². The highest BCUT2D eigenvalue weighted by Crippen LogP contribution is 2.26. The molecule has 1 nitrogen and oxygen atoms in total. The van der Waals surface area contributed by atoms with Gasteiger partial charge in [0.05, 0.1) is 10.8 Å². The summed E-state index contributed by atoms with van der Waals surface area (Å²) in [7, 11) is -1.16. The maximum absolute atomic E-state index is 12.7. The second kappa shape index (κ2) is 6.51. The molecule has 0 aliphatic heterocycles. The van der Waals surface area contributed by atoms with Gasteiger partial charge < -0.3 is 0 Å². The van der Waals surface area contributed by atoms with E-state index in [9.17, 15) is 4.21 Å². The average molecular weight is 282 g/mol. The SMILES string of the molecule is C=C=C[C@@H](C)c1ccccc1S(=O)c1ccc(C)cc1. The monoisotopic (exact) mass is 282 g/mol. The van der Waals surface area contributed by atoms with E-state index in [4.69, 9.17) is 0 Å². The van der Waals surface area contributed by atoms with Crippen molar-refractivity contribution in [1.29, 1.82) is 0 Å². The molecule has 0 aromatic heterocycles. The van der Waals surface area contributed by atoms with Gasteiger partial charge in [-0.25, -0.2) is 4.21 Å². The van der Waals surface area contributed by atoms with Crippen LogP contribution in [0.4, 0.5) is 0 Å². The van der Waals surface area contributed by atoms with E-state index < -0.39 is 10.8 Å². The molecule has 1 unspecified atom stereocenters. The number of aryl methyl sites for hydroxylation is 1. The lowest BCUT2D eigenvalue weighted by atomic mass is 10.0. The summed E-state index contributed by atoms with van der Waals surface area (Å²) in [5.74, 6) is 0.151. The van der Waals surface area contributed by atoms with E-state index in [0.717, 1.165) is 15.4 Å². The normalized spacial score (nSPS) is 13.3. The Kier molecular flexibility index (Phi) is 4.73. The first-order chi connectivity index (χ1) is 9.63. The van der Waals surface area contributed by atoms with Crippen LogP contribution in [0.5, 0.6) is 0 Å². The van der Waals surface area contributed by atoms with E-state index in [1.165, 1.54) is 5.56 Å². The molecule has 0 aliphatic carbocycles. The van der Waals surface area contributed by atoms with Crippen molar-refractivity contribution >= 4 is 10.8 Å². The number of rotatable bonds is 4. The van der Waals surface area contributed by atoms with Crippen LogP contribution in [0, 0.1) is 6.92 Å². The van der Waals surface area contributed by atoms with Crippen LogP contribution in [0.1, 0.15) is 24.0 Å². The fourth-order valence-electron chi connectivity index (χ4n) is 2.08. The van der Waals surface area contributed by atoms with E-state index in [2.05, 4.69) is 19.2 Å². The summed E-state index contributed by atoms with van der Waals surface area (Å²) in [6.45, 7) is 7.70. The Balaban J connectivity index is 2.44. The molecule has 0 fully saturated rings. The number of hydrogen-bond acceptors (Lipinski definition) is 1. The topological polar surface area (TPSA) is 17.1 Å². The molecule has 102 valence electrons. The van der Waals surface area contributed by atoms with Crippen molar-refractivity contribution in [3.63, 3.8) is 0 Å². The molecular weight excluding hydrogens is 264 g/mol. The van der Waals surface area contributed by atoms with Gasteiger partial charge in [0.25, 0.3) is 0 Å². The molecule has 2 atom stereocenters. The van der Waals surface area contributed by atoms with Gasteiger partial charge in [0.1, 0.15) is 0 Å². The van der Waals surface area contributed by atoms with Crippen molar-refractivity contribution < 1.29 is 4.21 Å². The van der Waals surface area contributed by atoms with Gasteiger partial charge in [-0.3, -0.25) is 0 Å². The molecule has 0 radical (unpaired) electrons. The van der Waals surface area contributed by atoms with Crippen molar-refractivity contribution in [2.45, 2.75) is 29.6 Å². The second-order valence-corrected chi connectivity index (χ2v) is 6.23. The maximum atomic E-state index is 12.7. The Morgan fingerprint density at radius 1 is 1.15 bits per heavy atom. The van der Waals surface area contributed by atoms with Gasteiger partial charge in [-0.2, -0.15) is 0 Å². The zero-order valence-corrected chi connectivity index (χ0v) is 12.6. The lowest BCUT2D eigenvalue weighted by Gasteiger charge is -2.12. The van der Waals surface area contributed by atoms with Gasteiger partial charge in [-0.1, -0.05) is 49.4 Å². The van der Waals surface area contributed by atoms with E-state index in [-0.39, 0.29) is 5.92 Å². The Bertz CT molecular complexity index is 664. The quantitative estimate of drug-likeness (QED) is 0.749. The largest absolute Gasteiger partial charge is 0.249 e.